The zero-order chi connectivity index (χ0) is 21.3. The molecule has 1 amide bonds. The Morgan fingerprint density at radius 1 is 1.07 bits per heavy atom. The molecule has 1 aromatic carbocycles. The highest BCUT2D eigenvalue weighted by molar-refractivity contribution is 7.90. The van der Waals surface area contributed by atoms with Crippen molar-refractivity contribution >= 4 is 27.6 Å². The number of pyridine rings is 1. The van der Waals surface area contributed by atoms with Crippen LogP contribution in [0.3, 0.4) is 0 Å². The molecule has 0 bridgehead atoms. The molecule has 1 fully saturated rings. The second kappa shape index (κ2) is 7.79. The fraction of sp³-hybridized carbons (Fsp3) is 0.250. The quantitative estimate of drug-likeness (QED) is 0.618. The van der Waals surface area contributed by atoms with Gasteiger partial charge in [-0.15, -0.1) is 0 Å². The van der Waals surface area contributed by atoms with Crippen LogP contribution in [-0.4, -0.2) is 46.6 Å². The van der Waals surface area contributed by atoms with E-state index < -0.39 is 15.7 Å². The first-order chi connectivity index (χ1) is 14.3. The molecule has 1 saturated carbocycles. The summed E-state index contributed by atoms with van der Waals surface area (Å²) in [5, 5.41) is 5.89. The maximum Gasteiger partial charge on any atom is 0.258 e. The third-order valence-corrected chi connectivity index (χ3v) is 5.65. The molecule has 0 radical (unpaired) electrons. The smallest absolute Gasteiger partial charge is 0.258 e. The van der Waals surface area contributed by atoms with Crippen molar-refractivity contribution < 1.29 is 13.2 Å². The number of anilines is 2. The molecule has 0 unspecified atom stereocenters. The van der Waals surface area contributed by atoms with E-state index in [9.17, 15) is 13.2 Å². The monoisotopic (exact) mass is 424 g/mol. The highest BCUT2D eigenvalue weighted by Crippen LogP contribution is 2.25. The summed E-state index contributed by atoms with van der Waals surface area (Å²) in [6, 6.07) is 10.1. The Hall–Kier alpha value is -3.40. The van der Waals surface area contributed by atoms with Gasteiger partial charge < -0.3 is 5.32 Å². The van der Waals surface area contributed by atoms with Crippen LogP contribution < -0.4 is 10.6 Å². The van der Waals surface area contributed by atoms with Crippen LogP contribution in [0.4, 0.5) is 11.9 Å². The van der Waals surface area contributed by atoms with Crippen molar-refractivity contribution in [1.29, 1.82) is 0 Å². The number of rotatable bonds is 6. The molecule has 0 atom stereocenters. The summed E-state index contributed by atoms with van der Waals surface area (Å²) in [7, 11) is -3.35. The molecule has 2 N–H and O–H groups in total. The first-order valence-electron chi connectivity index (χ1n) is 9.36. The number of aromatic nitrogens is 4. The first-order valence-corrected chi connectivity index (χ1v) is 11.2. The minimum atomic E-state index is -3.35. The topological polar surface area (TPSA) is 127 Å². The molecule has 154 valence electrons. The highest BCUT2D eigenvalue weighted by Gasteiger charge is 2.23. The van der Waals surface area contributed by atoms with E-state index >= 15 is 0 Å². The van der Waals surface area contributed by atoms with Gasteiger partial charge in [0.15, 0.2) is 15.7 Å². The van der Waals surface area contributed by atoms with E-state index in [2.05, 4.69) is 30.6 Å². The number of sulfone groups is 1. The average Bonchev–Trinajstić information content (AvgIpc) is 3.51. The number of amides is 1. The molecule has 4 rings (SSSR count). The van der Waals surface area contributed by atoms with E-state index in [4.69, 9.17) is 0 Å². The van der Waals surface area contributed by atoms with Crippen molar-refractivity contribution in [3.63, 3.8) is 0 Å². The molecule has 3 aromatic rings. The van der Waals surface area contributed by atoms with E-state index in [0.717, 1.165) is 19.1 Å². The Balaban J connectivity index is 1.64. The normalized spacial score (nSPS) is 13.7. The van der Waals surface area contributed by atoms with E-state index in [1.165, 1.54) is 18.2 Å². The maximum atomic E-state index is 12.8. The number of carbonyl (C=O) groups excluding carboxylic acids is 1. The Morgan fingerprint density at radius 3 is 2.47 bits per heavy atom. The van der Waals surface area contributed by atoms with Gasteiger partial charge >= 0.3 is 0 Å². The van der Waals surface area contributed by atoms with Gasteiger partial charge in [-0.3, -0.25) is 15.1 Å². The van der Waals surface area contributed by atoms with Crippen LogP contribution in [0.25, 0.3) is 11.5 Å². The predicted octanol–water partition coefficient (Wildman–Crippen LogP) is 2.47. The van der Waals surface area contributed by atoms with Crippen LogP contribution in [0.5, 0.6) is 0 Å². The minimum Gasteiger partial charge on any atom is -0.351 e. The average molecular weight is 424 g/mol. The van der Waals surface area contributed by atoms with Crippen molar-refractivity contribution in [3.05, 3.63) is 53.7 Å². The summed E-state index contributed by atoms with van der Waals surface area (Å²) < 4.78 is 23.4. The highest BCUT2D eigenvalue weighted by atomic mass is 32.2. The molecule has 10 heteroatoms. The van der Waals surface area contributed by atoms with Gasteiger partial charge in [-0.1, -0.05) is 6.07 Å². The number of nitrogens with one attached hydrogen (secondary N) is 2. The maximum absolute atomic E-state index is 12.8. The SMILES string of the molecule is Cc1cc(S(C)(=O)=O)ccc1C(=O)Nc1nc(NC2CC2)nc(-c2ccccn2)n1. The largest absolute Gasteiger partial charge is 0.351 e. The van der Waals surface area contributed by atoms with Crippen LogP contribution in [0.2, 0.25) is 0 Å². The summed E-state index contributed by atoms with van der Waals surface area (Å²) in [5.74, 6) is 0.356. The summed E-state index contributed by atoms with van der Waals surface area (Å²) in [4.78, 5) is 30.2. The lowest BCUT2D eigenvalue weighted by molar-refractivity contribution is 0.102. The summed E-state index contributed by atoms with van der Waals surface area (Å²) in [5.41, 5.74) is 1.42. The van der Waals surface area contributed by atoms with Crippen molar-refractivity contribution in [1.82, 2.24) is 19.9 Å². The lowest BCUT2D eigenvalue weighted by Gasteiger charge is -2.11. The molecular weight excluding hydrogens is 404 g/mol. The summed E-state index contributed by atoms with van der Waals surface area (Å²) in [6.07, 6.45) is 4.84. The standard InChI is InChI=1S/C20H20N6O3S/c1-12-11-14(30(2,28)29)8-9-15(12)18(27)25-20-24-17(16-5-3-4-10-21-16)23-19(26-20)22-13-6-7-13/h3-5,8-11,13H,6-7H2,1-2H3,(H2,22,23,24,25,26,27). The molecule has 30 heavy (non-hydrogen) atoms. The van der Waals surface area contributed by atoms with Gasteiger partial charge in [0, 0.05) is 24.1 Å². The molecule has 9 nitrogen and oxygen atoms in total. The van der Waals surface area contributed by atoms with Gasteiger partial charge in [-0.25, -0.2) is 8.42 Å². The Labute approximate surface area is 173 Å². The van der Waals surface area contributed by atoms with E-state index in [1.54, 1.807) is 25.3 Å². The van der Waals surface area contributed by atoms with E-state index in [0.29, 0.717) is 34.6 Å². The molecule has 1 aliphatic carbocycles. The molecule has 2 heterocycles. The Bertz CT molecular complexity index is 1210. The van der Waals surface area contributed by atoms with Crippen molar-refractivity contribution in [2.24, 2.45) is 0 Å². The Kier molecular flexibility index (Phi) is 5.17. The van der Waals surface area contributed by atoms with Crippen LogP contribution in [-0.2, 0) is 9.84 Å². The molecule has 2 aromatic heterocycles. The molecule has 0 aliphatic heterocycles. The predicted molar refractivity (Wildman–Crippen MR) is 112 cm³/mol. The molecule has 1 aliphatic rings. The fourth-order valence-electron chi connectivity index (χ4n) is 2.81. The van der Waals surface area contributed by atoms with Gasteiger partial charge in [0.25, 0.3) is 5.91 Å². The number of benzene rings is 1. The van der Waals surface area contributed by atoms with Crippen LogP contribution >= 0.6 is 0 Å². The Morgan fingerprint density at radius 2 is 1.83 bits per heavy atom. The number of carbonyl (C=O) groups is 1. The summed E-state index contributed by atoms with van der Waals surface area (Å²) in [6.45, 7) is 1.68. The number of nitrogens with zero attached hydrogens (tertiary/aromatic N) is 4. The van der Waals surface area contributed by atoms with Crippen molar-refractivity contribution in [2.45, 2.75) is 30.7 Å². The van der Waals surface area contributed by atoms with Crippen LogP contribution in [0.1, 0.15) is 28.8 Å². The lowest BCUT2D eigenvalue weighted by atomic mass is 10.1. The molecule has 0 spiro atoms. The van der Waals surface area contributed by atoms with E-state index in [-0.39, 0.29) is 10.8 Å². The van der Waals surface area contributed by atoms with Gasteiger partial charge in [-0.05, 0) is 55.7 Å². The van der Waals surface area contributed by atoms with Crippen LogP contribution in [0.15, 0.2) is 47.5 Å². The van der Waals surface area contributed by atoms with Crippen molar-refractivity contribution in [2.75, 3.05) is 16.9 Å². The number of hydrogen-bond acceptors (Lipinski definition) is 8. The second-order valence-corrected chi connectivity index (χ2v) is 9.16. The number of hydrogen-bond donors (Lipinski definition) is 2. The molecule has 0 saturated heterocycles. The number of aryl methyl sites for hydroxylation is 1. The van der Waals surface area contributed by atoms with E-state index in [1.807, 2.05) is 6.07 Å². The first kappa shape index (κ1) is 19.9. The minimum absolute atomic E-state index is 0.0883. The van der Waals surface area contributed by atoms with Gasteiger partial charge in [-0.2, -0.15) is 15.0 Å². The van der Waals surface area contributed by atoms with Gasteiger partial charge in [0.05, 0.1) is 4.90 Å². The van der Waals surface area contributed by atoms with Gasteiger partial charge in [0.2, 0.25) is 11.9 Å². The van der Waals surface area contributed by atoms with Crippen LogP contribution in [0, 0.1) is 6.92 Å². The molecular formula is C20H20N6O3S. The van der Waals surface area contributed by atoms with Crippen molar-refractivity contribution in [3.8, 4) is 11.5 Å². The third-order valence-electron chi connectivity index (χ3n) is 4.54. The summed E-state index contributed by atoms with van der Waals surface area (Å²) >= 11 is 0. The lowest BCUT2D eigenvalue weighted by Crippen LogP contribution is -2.18. The zero-order valence-corrected chi connectivity index (χ0v) is 17.3. The second-order valence-electron chi connectivity index (χ2n) is 7.14. The van der Waals surface area contributed by atoms with Gasteiger partial charge in [0.1, 0.15) is 5.69 Å². The fourth-order valence-corrected chi connectivity index (χ4v) is 3.51. The zero-order valence-electron chi connectivity index (χ0n) is 16.5. The third kappa shape index (κ3) is 4.60.